The van der Waals surface area contributed by atoms with Crippen molar-refractivity contribution in [1.29, 1.82) is 0 Å². The third kappa shape index (κ3) is 4.01. The zero-order chi connectivity index (χ0) is 14.6. The molecule has 2 rings (SSSR count). The second kappa shape index (κ2) is 6.65. The fraction of sp³-hybridized carbons (Fsp3) is 0.308. The topological polar surface area (TPSA) is 52.0 Å². The largest absolute Gasteiger partial charge is 0.333 e. The van der Waals surface area contributed by atoms with Crippen molar-refractivity contribution in [1.82, 2.24) is 9.55 Å². The number of nitrogens with zero attached hydrogens (tertiary/aromatic N) is 2. The Balaban J connectivity index is 2.04. The van der Waals surface area contributed by atoms with E-state index in [4.69, 9.17) is 10.7 Å². The molecule has 2 aromatic rings. The lowest BCUT2D eigenvalue weighted by Crippen LogP contribution is -2.03. The lowest BCUT2D eigenvalue weighted by molar-refractivity contribution is 0.606. The van der Waals surface area contributed by atoms with Crippen LogP contribution in [0.2, 0.25) is 0 Å². The third-order valence-corrected chi connectivity index (χ3v) is 4.91. The minimum Gasteiger partial charge on any atom is -0.333 e. The van der Waals surface area contributed by atoms with Crippen LogP contribution >= 0.6 is 22.4 Å². The van der Waals surface area contributed by atoms with Crippen molar-refractivity contribution < 1.29 is 8.42 Å². The number of hydrogen-bond acceptors (Lipinski definition) is 4. The molecule has 0 aliphatic carbocycles. The number of benzene rings is 1. The summed E-state index contributed by atoms with van der Waals surface area (Å²) in [5, 5.41) is -0.0688. The molecule has 0 aliphatic heterocycles. The number of imidazole rings is 1. The van der Waals surface area contributed by atoms with Crippen molar-refractivity contribution in [3.8, 4) is 0 Å². The van der Waals surface area contributed by atoms with Crippen LogP contribution in [-0.2, 0) is 22.0 Å². The first-order chi connectivity index (χ1) is 9.50. The van der Waals surface area contributed by atoms with Crippen molar-refractivity contribution in [3.05, 3.63) is 42.4 Å². The molecule has 0 N–H and O–H groups in total. The summed E-state index contributed by atoms with van der Waals surface area (Å²) in [7, 11) is 1.56. The quantitative estimate of drug-likeness (QED) is 0.603. The van der Waals surface area contributed by atoms with Crippen LogP contribution in [0, 0.1) is 0 Å². The van der Waals surface area contributed by atoms with E-state index in [0.29, 0.717) is 13.0 Å². The van der Waals surface area contributed by atoms with Crippen molar-refractivity contribution in [2.75, 3.05) is 5.75 Å². The Labute approximate surface area is 127 Å². The van der Waals surface area contributed by atoms with E-state index in [1.165, 1.54) is 11.1 Å². The molecule has 0 atom stereocenters. The highest BCUT2D eigenvalue weighted by Gasteiger charge is 2.16. The predicted molar refractivity (Wildman–Crippen MR) is 81.8 cm³/mol. The predicted octanol–water partition coefficient (Wildman–Crippen LogP) is 3.17. The molecular formula is C13H15ClN2O2S2. The van der Waals surface area contributed by atoms with Crippen molar-refractivity contribution in [2.45, 2.75) is 29.8 Å². The number of hydrogen-bond donors (Lipinski definition) is 0. The lowest BCUT2D eigenvalue weighted by atomic mass is 10.4. The zero-order valence-corrected chi connectivity index (χ0v) is 13.4. The summed E-state index contributed by atoms with van der Waals surface area (Å²) in [6.07, 6.45) is 2.18. The van der Waals surface area contributed by atoms with E-state index in [1.807, 2.05) is 41.8 Å². The number of aromatic nitrogens is 2. The summed E-state index contributed by atoms with van der Waals surface area (Å²) >= 11 is 1.72. The van der Waals surface area contributed by atoms with Gasteiger partial charge in [0, 0.05) is 40.5 Å². The van der Waals surface area contributed by atoms with E-state index in [9.17, 15) is 8.42 Å². The first kappa shape index (κ1) is 15.4. The lowest BCUT2D eigenvalue weighted by Gasteiger charge is -2.05. The number of halogens is 1. The molecule has 0 spiro atoms. The summed E-state index contributed by atoms with van der Waals surface area (Å²) in [5.41, 5.74) is 0. The van der Waals surface area contributed by atoms with Gasteiger partial charge in [-0.3, -0.25) is 0 Å². The van der Waals surface area contributed by atoms with E-state index in [0.717, 1.165) is 11.6 Å². The molecule has 4 nitrogen and oxygen atoms in total. The molecule has 0 amide bonds. The van der Waals surface area contributed by atoms with Crippen LogP contribution in [0.15, 0.2) is 46.5 Å². The molecule has 0 fully saturated rings. The van der Waals surface area contributed by atoms with E-state index in [-0.39, 0.29) is 5.03 Å². The van der Waals surface area contributed by atoms with Crippen LogP contribution in [-0.4, -0.2) is 23.7 Å². The highest BCUT2D eigenvalue weighted by atomic mass is 35.7. The average Bonchev–Trinajstić information content (AvgIpc) is 2.83. The molecule has 0 aliphatic rings. The van der Waals surface area contributed by atoms with Gasteiger partial charge in [-0.1, -0.05) is 25.1 Å². The maximum absolute atomic E-state index is 11.3. The molecule has 1 heterocycles. The molecule has 7 heteroatoms. The van der Waals surface area contributed by atoms with Gasteiger partial charge in [0.25, 0.3) is 9.05 Å². The average molecular weight is 331 g/mol. The highest BCUT2D eigenvalue weighted by molar-refractivity contribution is 8.13. The van der Waals surface area contributed by atoms with Gasteiger partial charge in [0.05, 0.1) is 0 Å². The monoisotopic (exact) mass is 330 g/mol. The fourth-order valence-corrected chi connectivity index (χ4v) is 3.36. The minimum absolute atomic E-state index is 0.0688. The van der Waals surface area contributed by atoms with Gasteiger partial charge in [-0.15, -0.1) is 11.8 Å². The molecule has 0 unspecified atom stereocenters. The van der Waals surface area contributed by atoms with Crippen LogP contribution in [0.25, 0.3) is 0 Å². The van der Waals surface area contributed by atoms with Gasteiger partial charge in [0.1, 0.15) is 5.82 Å². The van der Waals surface area contributed by atoms with E-state index < -0.39 is 9.05 Å². The molecule has 0 bridgehead atoms. The first-order valence-corrected chi connectivity index (χ1v) is 9.48. The molecule has 0 radical (unpaired) electrons. The standard InChI is InChI=1S/C13H15ClN2O2S2/c1-2-12-15-13(20(14,17)18)10-16(12)8-9-19-11-6-4-3-5-7-11/h3-7,10H,2,8-9H2,1H3. The first-order valence-electron chi connectivity index (χ1n) is 6.19. The maximum Gasteiger partial charge on any atom is 0.280 e. The van der Waals surface area contributed by atoms with Gasteiger partial charge in [0.15, 0.2) is 5.03 Å². The Bertz CT molecular complexity index is 669. The number of thioether (sulfide) groups is 1. The Morgan fingerprint density at radius 2 is 2.00 bits per heavy atom. The van der Waals surface area contributed by atoms with Gasteiger partial charge >= 0.3 is 0 Å². The zero-order valence-electron chi connectivity index (χ0n) is 11.0. The summed E-state index contributed by atoms with van der Waals surface area (Å²) in [4.78, 5) is 5.25. The smallest absolute Gasteiger partial charge is 0.280 e. The molecule has 108 valence electrons. The van der Waals surface area contributed by atoms with Crippen molar-refractivity contribution in [2.24, 2.45) is 0 Å². The normalized spacial score (nSPS) is 11.7. The third-order valence-electron chi connectivity index (χ3n) is 2.75. The van der Waals surface area contributed by atoms with Gasteiger partial charge in [-0.25, -0.2) is 13.4 Å². The summed E-state index contributed by atoms with van der Waals surface area (Å²) in [5.74, 6) is 1.58. The summed E-state index contributed by atoms with van der Waals surface area (Å²) in [6, 6.07) is 10.1. The second-order valence-electron chi connectivity index (χ2n) is 4.14. The van der Waals surface area contributed by atoms with Crippen LogP contribution in [0.4, 0.5) is 0 Å². The summed E-state index contributed by atoms with van der Waals surface area (Å²) in [6.45, 7) is 2.63. The van der Waals surface area contributed by atoms with Gasteiger partial charge in [-0.05, 0) is 12.1 Å². The molecular weight excluding hydrogens is 316 g/mol. The molecule has 1 aromatic heterocycles. The van der Waals surface area contributed by atoms with E-state index in [2.05, 4.69) is 4.98 Å². The van der Waals surface area contributed by atoms with Crippen LogP contribution < -0.4 is 0 Å². The van der Waals surface area contributed by atoms with Crippen molar-refractivity contribution >= 4 is 31.5 Å². The van der Waals surface area contributed by atoms with Crippen LogP contribution in [0.5, 0.6) is 0 Å². The molecule has 0 saturated carbocycles. The number of rotatable bonds is 6. The van der Waals surface area contributed by atoms with Gasteiger partial charge < -0.3 is 4.57 Å². The SMILES string of the molecule is CCc1nc(S(=O)(=O)Cl)cn1CCSc1ccccc1. The molecule has 20 heavy (non-hydrogen) atoms. The van der Waals surface area contributed by atoms with Crippen molar-refractivity contribution in [3.63, 3.8) is 0 Å². The molecule has 1 aromatic carbocycles. The van der Waals surface area contributed by atoms with Gasteiger partial charge in [0.2, 0.25) is 0 Å². The van der Waals surface area contributed by atoms with Gasteiger partial charge in [-0.2, -0.15) is 0 Å². The van der Waals surface area contributed by atoms with E-state index >= 15 is 0 Å². The Hall–Kier alpha value is -0.980. The Kier molecular flexibility index (Phi) is 5.12. The van der Waals surface area contributed by atoms with Crippen LogP contribution in [0.3, 0.4) is 0 Å². The van der Waals surface area contributed by atoms with Crippen LogP contribution in [0.1, 0.15) is 12.7 Å². The van der Waals surface area contributed by atoms with E-state index in [1.54, 1.807) is 11.8 Å². The Morgan fingerprint density at radius 1 is 1.30 bits per heavy atom. The fourth-order valence-electron chi connectivity index (χ4n) is 1.80. The Morgan fingerprint density at radius 3 is 2.60 bits per heavy atom. The number of aryl methyl sites for hydroxylation is 2. The highest BCUT2D eigenvalue weighted by Crippen LogP contribution is 2.19. The second-order valence-corrected chi connectivity index (χ2v) is 7.82. The summed E-state index contributed by atoms with van der Waals surface area (Å²) < 4.78 is 24.4. The minimum atomic E-state index is -3.76. The maximum atomic E-state index is 11.3. The molecule has 0 saturated heterocycles.